The van der Waals surface area contributed by atoms with Gasteiger partial charge in [0, 0.05) is 25.0 Å². The summed E-state index contributed by atoms with van der Waals surface area (Å²) in [6, 6.07) is 18.4. The van der Waals surface area contributed by atoms with Gasteiger partial charge >= 0.3 is 0 Å². The van der Waals surface area contributed by atoms with E-state index >= 15 is 0 Å². The summed E-state index contributed by atoms with van der Waals surface area (Å²) in [7, 11) is 4.94. The van der Waals surface area contributed by atoms with Gasteiger partial charge in [-0.25, -0.2) is 4.98 Å². The maximum Gasteiger partial charge on any atom is 0.259 e. The largest absolute Gasteiger partial charge is 0.497 e. The SMILES string of the molecule is COc1ccc(Nc2ccc(C(=O)N(C)c3ccccc3)cn2)c(OC)c1. The lowest BCUT2D eigenvalue weighted by molar-refractivity contribution is 0.0992. The normalized spacial score (nSPS) is 10.2. The van der Waals surface area contributed by atoms with Crippen molar-refractivity contribution in [2.45, 2.75) is 0 Å². The van der Waals surface area contributed by atoms with Crippen molar-refractivity contribution in [3.05, 3.63) is 72.4 Å². The van der Waals surface area contributed by atoms with Crippen LogP contribution in [0.15, 0.2) is 66.9 Å². The fourth-order valence-electron chi connectivity index (χ4n) is 2.60. The highest BCUT2D eigenvalue weighted by Crippen LogP contribution is 2.31. The third-order valence-corrected chi connectivity index (χ3v) is 4.13. The first-order valence-corrected chi connectivity index (χ1v) is 8.40. The van der Waals surface area contributed by atoms with Crippen LogP contribution in [0.2, 0.25) is 0 Å². The first kappa shape index (κ1) is 18.3. The predicted octanol–water partition coefficient (Wildman–Crippen LogP) is 4.12. The Morgan fingerprint density at radius 1 is 1.00 bits per heavy atom. The van der Waals surface area contributed by atoms with E-state index in [1.54, 1.807) is 50.6 Å². The van der Waals surface area contributed by atoms with Crippen LogP contribution in [0.25, 0.3) is 0 Å². The molecule has 2 aromatic carbocycles. The summed E-state index contributed by atoms with van der Waals surface area (Å²) in [4.78, 5) is 18.6. The van der Waals surface area contributed by atoms with Gasteiger partial charge in [-0.05, 0) is 36.4 Å². The average molecular weight is 363 g/mol. The molecule has 6 heteroatoms. The molecule has 3 aromatic rings. The van der Waals surface area contributed by atoms with E-state index in [9.17, 15) is 4.79 Å². The monoisotopic (exact) mass is 363 g/mol. The standard InChI is InChI=1S/C21H21N3O3/c1-24(16-7-5-4-6-8-16)21(25)15-9-12-20(22-14-15)23-18-11-10-17(26-2)13-19(18)27-3/h4-14H,1-3H3,(H,22,23). The van der Waals surface area contributed by atoms with Crippen LogP contribution in [0.5, 0.6) is 11.5 Å². The minimum atomic E-state index is -0.123. The molecule has 0 aliphatic carbocycles. The van der Waals surface area contributed by atoms with Crippen LogP contribution in [-0.2, 0) is 0 Å². The lowest BCUT2D eigenvalue weighted by Crippen LogP contribution is -2.26. The molecule has 1 aromatic heterocycles. The Hall–Kier alpha value is -3.54. The molecule has 0 unspecified atom stereocenters. The third kappa shape index (κ3) is 4.17. The lowest BCUT2D eigenvalue weighted by Gasteiger charge is -2.17. The van der Waals surface area contributed by atoms with Gasteiger partial charge in [0.25, 0.3) is 5.91 Å². The van der Waals surface area contributed by atoms with Crippen LogP contribution in [0.4, 0.5) is 17.2 Å². The van der Waals surface area contributed by atoms with Crippen molar-refractivity contribution < 1.29 is 14.3 Å². The molecule has 0 bridgehead atoms. The van der Waals surface area contributed by atoms with Gasteiger partial charge in [-0.3, -0.25) is 4.79 Å². The molecule has 1 heterocycles. The predicted molar refractivity (Wildman–Crippen MR) is 106 cm³/mol. The summed E-state index contributed by atoms with van der Waals surface area (Å²) in [6.45, 7) is 0. The summed E-state index contributed by atoms with van der Waals surface area (Å²) in [5.74, 6) is 1.83. The Morgan fingerprint density at radius 2 is 1.78 bits per heavy atom. The van der Waals surface area contributed by atoms with E-state index in [-0.39, 0.29) is 5.91 Å². The van der Waals surface area contributed by atoms with Gasteiger partial charge in [-0.15, -0.1) is 0 Å². The summed E-state index contributed by atoms with van der Waals surface area (Å²) in [5, 5.41) is 3.19. The molecule has 0 atom stereocenters. The van der Waals surface area contributed by atoms with Crippen LogP contribution in [0.3, 0.4) is 0 Å². The van der Waals surface area contributed by atoms with E-state index in [4.69, 9.17) is 9.47 Å². The van der Waals surface area contributed by atoms with Crippen molar-refractivity contribution in [2.75, 3.05) is 31.5 Å². The number of hydrogen-bond donors (Lipinski definition) is 1. The van der Waals surface area contributed by atoms with E-state index in [2.05, 4.69) is 10.3 Å². The van der Waals surface area contributed by atoms with Crippen LogP contribution in [0, 0.1) is 0 Å². The lowest BCUT2D eigenvalue weighted by atomic mass is 10.2. The summed E-state index contributed by atoms with van der Waals surface area (Å²) >= 11 is 0. The quantitative estimate of drug-likeness (QED) is 0.714. The molecule has 0 spiro atoms. The molecule has 0 fully saturated rings. The Balaban J connectivity index is 1.75. The summed E-state index contributed by atoms with van der Waals surface area (Å²) < 4.78 is 10.6. The van der Waals surface area contributed by atoms with Gasteiger partial charge in [-0.1, -0.05) is 18.2 Å². The molecule has 0 saturated carbocycles. The molecule has 0 aliphatic heterocycles. The van der Waals surface area contributed by atoms with Crippen molar-refractivity contribution in [1.82, 2.24) is 4.98 Å². The third-order valence-electron chi connectivity index (χ3n) is 4.13. The molecule has 1 amide bonds. The van der Waals surface area contributed by atoms with Crippen molar-refractivity contribution >= 4 is 23.1 Å². The number of para-hydroxylation sites is 1. The second-order valence-corrected chi connectivity index (χ2v) is 5.82. The van der Waals surface area contributed by atoms with E-state index in [0.717, 1.165) is 11.4 Å². The van der Waals surface area contributed by atoms with E-state index < -0.39 is 0 Å². The molecular weight excluding hydrogens is 342 g/mol. The van der Waals surface area contributed by atoms with Crippen molar-refractivity contribution in [2.24, 2.45) is 0 Å². The maximum atomic E-state index is 12.6. The molecule has 138 valence electrons. The number of nitrogens with zero attached hydrogens (tertiary/aromatic N) is 2. The Bertz CT molecular complexity index is 912. The van der Waals surface area contributed by atoms with Crippen LogP contribution >= 0.6 is 0 Å². The number of carbonyl (C=O) groups is 1. The molecule has 27 heavy (non-hydrogen) atoms. The number of rotatable bonds is 6. The molecule has 1 N–H and O–H groups in total. The fourth-order valence-corrected chi connectivity index (χ4v) is 2.60. The topological polar surface area (TPSA) is 63.7 Å². The number of pyridine rings is 1. The number of amides is 1. The first-order valence-electron chi connectivity index (χ1n) is 8.40. The van der Waals surface area contributed by atoms with Crippen molar-refractivity contribution in [3.63, 3.8) is 0 Å². The van der Waals surface area contributed by atoms with Crippen LogP contribution < -0.4 is 19.7 Å². The van der Waals surface area contributed by atoms with E-state index in [1.807, 2.05) is 42.5 Å². The Labute approximate surface area is 158 Å². The van der Waals surface area contributed by atoms with Crippen LogP contribution in [-0.4, -0.2) is 32.2 Å². The number of nitrogens with one attached hydrogen (secondary N) is 1. The number of hydrogen-bond acceptors (Lipinski definition) is 5. The number of methoxy groups -OCH3 is 2. The smallest absolute Gasteiger partial charge is 0.259 e. The second kappa shape index (κ2) is 8.23. The Kier molecular flexibility index (Phi) is 5.56. The van der Waals surface area contributed by atoms with Crippen LogP contribution in [0.1, 0.15) is 10.4 Å². The highest BCUT2D eigenvalue weighted by Gasteiger charge is 2.14. The van der Waals surface area contributed by atoms with Gasteiger partial charge in [-0.2, -0.15) is 0 Å². The second-order valence-electron chi connectivity index (χ2n) is 5.82. The summed E-state index contributed by atoms with van der Waals surface area (Å²) in [5.41, 5.74) is 2.09. The molecular formula is C21H21N3O3. The first-order chi connectivity index (χ1) is 13.1. The van der Waals surface area contributed by atoms with Crippen molar-refractivity contribution in [1.29, 1.82) is 0 Å². The van der Waals surface area contributed by atoms with Gasteiger partial charge in [0.05, 0.1) is 25.5 Å². The van der Waals surface area contributed by atoms with E-state index in [1.165, 1.54) is 0 Å². The maximum absolute atomic E-state index is 12.6. The minimum absolute atomic E-state index is 0.123. The van der Waals surface area contributed by atoms with Gasteiger partial charge < -0.3 is 19.7 Å². The zero-order valence-electron chi connectivity index (χ0n) is 15.5. The van der Waals surface area contributed by atoms with Gasteiger partial charge in [0.2, 0.25) is 0 Å². The zero-order valence-corrected chi connectivity index (χ0v) is 15.5. The fraction of sp³-hybridized carbons (Fsp3) is 0.143. The number of carbonyl (C=O) groups excluding carboxylic acids is 1. The molecule has 6 nitrogen and oxygen atoms in total. The highest BCUT2D eigenvalue weighted by molar-refractivity contribution is 6.05. The number of aromatic nitrogens is 1. The molecule has 0 aliphatic rings. The Morgan fingerprint density at radius 3 is 2.41 bits per heavy atom. The molecule has 3 rings (SSSR count). The van der Waals surface area contributed by atoms with Gasteiger partial charge in [0.15, 0.2) is 0 Å². The highest BCUT2D eigenvalue weighted by atomic mass is 16.5. The number of benzene rings is 2. The van der Waals surface area contributed by atoms with E-state index in [0.29, 0.717) is 22.9 Å². The number of anilines is 3. The average Bonchev–Trinajstić information content (AvgIpc) is 2.74. The number of ether oxygens (including phenoxy) is 2. The molecule has 0 radical (unpaired) electrons. The minimum Gasteiger partial charge on any atom is -0.497 e. The zero-order chi connectivity index (χ0) is 19.2. The molecule has 0 saturated heterocycles. The van der Waals surface area contributed by atoms with Crippen molar-refractivity contribution in [3.8, 4) is 11.5 Å². The van der Waals surface area contributed by atoms with Gasteiger partial charge in [0.1, 0.15) is 17.3 Å². The summed E-state index contributed by atoms with van der Waals surface area (Å²) in [6.07, 6.45) is 1.56.